The Morgan fingerprint density at radius 3 is 1.93 bits per heavy atom. The number of nitrogens with one attached hydrogen (secondary N) is 4. The highest BCUT2D eigenvalue weighted by atomic mass is 32.1. The van der Waals surface area contributed by atoms with Gasteiger partial charge in [-0.25, -0.2) is 9.59 Å². The quantitative estimate of drug-likeness (QED) is 0.0935. The fraction of sp³-hybridized carbons (Fsp3) is 0.429. The van der Waals surface area contributed by atoms with E-state index in [1.165, 1.54) is 18.4 Å². The minimum Gasteiger partial charge on any atom is -0.453 e. The Kier molecular flexibility index (Phi) is 15.5. The summed E-state index contributed by atoms with van der Waals surface area (Å²) in [6.45, 7) is 11.0. The van der Waals surface area contributed by atoms with E-state index in [9.17, 15) is 24.3 Å². The first-order chi connectivity index (χ1) is 26.5. The molecule has 300 valence electrons. The number of methoxy groups -OCH3 is 1. The van der Waals surface area contributed by atoms with Crippen LogP contribution < -0.4 is 21.3 Å². The van der Waals surface area contributed by atoms with Crippen molar-refractivity contribution in [3.63, 3.8) is 0 Å². The zero-order valence-corrected chi connectivity index (χ0v) is 33.9. The molecule has 0 radical (unpaired) electrons. The second-order valence-corrected chi connectivity index (χ2v) is 16.8. The molecule has 0 spiro atoms. The van der Waals surface area contributed by atoms with Gasteiger partial charge in [0.15, 0.2) is 0 Å². The zero-order chi connectivity index (χ0) is 40.9. The van der Waals surface area contributed by atoms with Gasteiger partial charge in [-0.05, 0) is 53.4 Å². The van der Waals surface area contributed by atoms with Crippen molar-refractivity contribution in [1.82, 2.24) is 31.2 Å². The van der Waals surface area contributed by atoms with E-state index in [2.05, 4.69) is 31.2 Å². The first-order valence-electron chi connectivity index (χ1n) is 18.5. The summed E-state index contributed by atoms with van der Waals surface area (Å²) in [6.07, 6.45) is 1.26. The minimum atomic E-state index is -1.17. The summed E-state index contributed by atoms with van der Waals surface area (Å²) in [5, 5.41) is 23.5. The van der Waals surface area contributed by atoms with Crippen LogP contribution in [0.15, 0.2) is 90.7 Å². The number of benzene rings is 2. The molecule has 14 heteroatoms. The average molecular weight is 787 g/mol. The van der Waals surface area contributed by atoms with Crippen molar-refractivity contribution >= 4 is 35.3 Å². The lowest BCUT2D eigenvalue weighted by atomic mass is 9.85. The number of aliphatic hydroxyl groups excluding tert-OH is 1. The molecule has 0 aliphatic carbocycles. The monoisotopic (exact) mass is 786 g/mol. The maximum atomic E-state index is 14.1. The summed E-state index contributed by atoms with van der Waals surface area (Å²) in [4.78, 5) is 62.4. The smallest absolute Gasteiger partial charge is 0.408 e. The van der Waals surface area contributed by atoms with Gasteiger partial charge in [-0.2, -0.15) is 0 Å². The second kappa shape index (κ2) is 20.0. The molecule has 4 amide bonds. The maximum absolute atomic E-state index is 14.1. The van der Waals surface area contributed by atoms with Gasteiger partial charge in [0, 0.05) is 24.0 Å². The fourth-order valence-corrected chi connectivity index (χ4v) is 6.62. The molecule has 0 fully saturated rings. The number of aliphatic hydroxyl groups is 1. The molecule has 4 unspecified atom stereocenters. The Bertz CT molecular complexity index is 1850. The Morgan fingerprint density at radius 1 is 0.750 bits per heavy atom. The second-order valence-electron chi connectivity index (χ2n) is 15.9. The van der Waals surface area contributed by atoms with Gasteiger partial charge in [-0.15, -0.1) is 11.3 Å². The van der Waals surface area contributed by atoms with Gasteiger partial charge < -0.3 is 35.8 Å². The van der Waals surface area contributed by atoms with Crippen LogP contribution in [0.4, 0.5) is 9.59 Å². The van der Waals surface area contributed by atoms with Crippen LogP contribution in [0, 0.1) is 10.8 Å². The topological polar surface area (TPSA) is 181 Å². The van der Waals surface area contributed by atoms with E-state index in [-0.39, 0.29) is 19.4 Å². The van der Waals surface area contributed by atoms with Crippen LogP contribution in [0.1, 0.15) is 64.0 Å². The predicted octanol–water partition coefficient (Wildman–Crippen LogP) is 5.82. The summed E-state index contributed by atoms with van der Waals surface area (Å²) in [5.74, 6) is -0.962. The number of thiazole rings is 1. The number of carbonyl (C=O) groups is 4. The molecule has 4 aromatic rings. The highest BCUT2D eigenvalue weighted by Gasteiger charge is 2.37. The van der Waals surface area contributed by atoms with Crippen LogP contribution in [0.5, 0.6) is 0 Å². The Balaban J connectivity index is 1.60. The van der Waals surface area contributed by atoms with Crippen molar-refractivity contribution < 1.29 is 33.8 Å². The van der Waals surface area contributed by atoms with Gasteiger partial charge in [-0.1, -0.05) is 102 Å². The van der Waals surface area contributed by atoms with Gasteiger partial charge >= 0.3 is 12.2 Å². The van der Waals surface area contributed by atoms with Crippen molar-refractivity contribution in [2.24, 2.45) is 10.8 Å². The molecule has 56 heavy (non-hydrogen) atoms. The normalized spacial score (nSPS) is 14.3. The number of hydrogen-bond acceptors (Lipinski definition) is 10. The molecule has 5 N–H and O–H groups in total. The van der Waals surface area contributed by atoms with E-state index in [4.69, 9.17) is 9.47 Å². The van der Waals surface area contributed by atoms with E-state index in [0.717, 1.165) is 27.3 Å². The number of amides is 4. The van der Waals surface area contributed by atoms with Crippen LogP contribution in [0.25, 0.3) is 11.3 Å². The third-order valence-corrected chi connectivity index (χ3v) is 9.91. The number of hydrogen-bond donors (Lipinski definition) is 5. The highest BCUT2D eigenvalue weighted by Crippen LogP contribution is 2.24. The fourth-order valence-electron chi connectivity index (χ4n) is 6.12. The number of nitrogens with zero attached hydrogens (tertiary/aromatic N) is 2. The molecule has 13 nitrogen and oxygen atoms in total. The number of rotatable bonds is 16. The van der Waals surface area contributed by atoms with Gasteiger partial charge in [0.1, 0.15) is 18.7 Å². The van der Waals surface area contributed by atoms with Crippen LogP contribution >= 0.6 is 11.3 Å². The van der Waals surface area contributed by atoms with Crippen LogP contribution in [-0.4, -0.2) is 76.5 Å². The third kappa shape index (κ3) is 13.4. The van der Waals surface area contributed by atoms with Crippen LogP contribution in [0.3, 0.4) is 0 Å². The zero-order valence-electron chi connectivity index (χ0n) is 33.1. The molecule has 2 heterocycles. The molecule has 0 aliphatic heterocycles. The molecular formula is C42H54N6O7S. The number of aromatic nitrogens is 2. The molecule has 0 saturated heterocycles. The molecule has 2 aromatic carbocycles. The van der Waals surface area contributed by atoms with E-state index in [1.807, 2.05) is 114 Å². The molecule has 0 bridgehead atoms. The lowest BCUT2D eigenvalue weighted by Gasteiger charge is -2.34. The van der Waals surface area contributed by atoms with Gasteiger partial charge in [-0.3, -0.25) is 19.6 Å². The van der Waals surface area contributed by atoms with Crippen molar-refractivity contribution in [1.29, 1.82) is 0 Å². The lowest BCUT2D eigenvalue weighted by Crippen LogP contribution is -2.59. The van der Waals surface area contributed by atoms with Gasteiger partial charge in [0.2, 0.25) is 11.8 Å². The maximum Gasteiger partial charge on any atom is 0.408 e. The predicted molar refractivity (Wildman–Crippen MR) is 215 cm³/mol. The average Bonchev–Trinajstić information content (AvgIpc) is 3.68. The largest absolute Gasteiger partial charge is 0.453 e. The van der Waals surface area contributed by atoms with Gasteiger partial charge in [0.25, 0.3) is 0 Å². The van der Waals surface area contributed by atoms with Crippen LogP contribution in [0.2, 0.25) is 0 Å². The Hall–Kier alpha value is -5.34. The lowest BCUT2D eigenvalue weighted by molar-refractivity contribution is -0.128. The molecule has 2 aromatic heterocycles. The standard InChI is InChI=1S/C42H54N6O7S/c1-41(2,3)35(47-39(52)54-7)37(50)45-30(21-28-16-18-29(19-17-28)32-15-11-12-20-44-32)23-34(49)33(22-27-13-9-8-10-14-27)46-38(51)36(42(4,5)6)48-40(53)55-25-31-24-43-26-56-31/h8-20,24,26,30,33-36,49H,21-23,25H2,1-7H3,(H,45,50)(H,46,51)(H,47,52)(H,48,53)/t30?,33?,34?,35?,36-/m1/s1. The van der Waals surface area contributed by atoms with Crippen molar-refractivity contribution in [3.8, 4) is 11.3 Å². The van der Waals surface area contributed by atoms with E-state index in [1.54, 1.807) is 17.9 Å². The van der Waals surface area contributed by atoms with Crippen molar-refractivity contribution in [2.75, 3.05) is 7.11 Å². The number of ether oxygens (including phenoxy) is 2. The molecule has 4 rings (SSSR count). The summed E-state index contributed by atoms with van der Waals surface area (Å²) in [5.41, 5.74) is 3.70. The molecule has 0 aliphatic rings. The Labute approximate surface area is 333 Å². The number of pyridine rings is 1. The third-order valence-electron chi connectivity index (χ3n) is 9.15. The first kappa shape index (κ1) is 43.4. The molecule has 5 atom stereocenters. The Morgan fingerprint density at radius 2 is 1.36 bits per heavy atom. The van der Waals surface area contributed by atoms with Gasteiger partial charge in [0.05, 0.1) is 35.3 Å². The van der Waals surface area contributed by atoms with Crippen molar-refractivity contribution in [2.45, 2.75) is 97.7 Å². The number of alkyl carbamates (subject to hydrolysis) is 2. The van der Waals surface area contributed by atoms with Crippen molar-refractivity contribution in [3.05, 3.63) is 107 Å². The van der Waals surface area contributed by atoms with E-state index >= 15 is 0 Å². The van der Waals surface area contributed by atoms with Crippen LogP contribution in [-0.2, 0) is 38.5 Å². The highest BCUT2D eigenvalue weighted by molar-refractivity contribution is 7.09. The van der Waals surface area contributed by atoms with E-state index in [0.29, 0.717) is 6.42 Å². The SMILES string of the molecule is COC(=O)NC(C(=O)NC(Cc1ccc(-c2ccccn2)cc1)CC(O)C(Cc1ccccc1)NC(=O)[C@@H](NC(=O)OCc1cncs1)C(C)(C)C)C(C)(C)C. The summed E-state index contributed by atoms with van der Waals surface area (Å²) in [6, 6.07) is 19.4. The first-order valence-corrected chi connectivity index (χ1v) is 19.4. The summed E-state index contributed by atoms with van der Waals surface area (Å²) >= 11 is 1.35. The number of carbonyl (C=O) groups excluding carboxylic acids is 4. The minimum absolute atomic E-state index is 0.00846. The van der Waals surface area contributed by atoms with E-state index < -0.39 is 65.1 Å². The molecular weight excluding hydrogens is 733 g/mol. The molecule has 0 saturated carbocycles. The summed E-state index contributed by atoms with van der Waals surface area (Å²) < 4.78 is 10.2. The summed E-state index contributed by atoms with van der Waals surface area (Å²) in [7, 11) is 1.23.